The number of rotatable bonds is 4. The lowest BCUT2D eigenvalue weighted by atomic mass is 9.78. The van der Waals surface area contributed by atoms with E-state index in [1.54, 1.807) is 4.90 Å². The Kier molecular flexibility index (Phi) is 3.82. The molecule has 8 nitrogen and oxygen atoms in total. The lowest BCUT2D eigenvalue weighted by Gasteiger charge is -2.39. The number of aliphatic carboxylic acids is 1. The van der Waals surface area contributed by atoms with Crippen LogP contribution in [0.5, 0.6) is 0 Å². The molecule has 1 atom stereocenters. The first-order valence-corrected chi connectivity index (χ1v) is 6.43. The minimum Gasteiger partial charge on any atom is -0.481 e. The van der Waals surface area contributed by atoms with E-state index in [0.717, 1.165) is 18.8 Å². The third kappa shape index (κ3) is 2.54. The van der Waals surface area contributed by atoms with Crippen molar-refractivity contribution in [2.24, 2.45) is 5.41 Å². The number of nitrogens with zero attached hydrogens (tertiary/aromatic N) is 4. The summed E-state index contributed by atoms with van der Waals surface area (Å²) in [5.41, 5.74) is -0.964. The zero-order valence-electron chi connectivity index (χ0n) is 11.2. The van der Waals surface area contributed by atoms with E-state index in [-0.39, 0.29) is 5.69 Å². The lowest BCUT2D eigenvalue weighted by Crippen LogP contribution is -2.48. The molecule has 0 radical (unpaired) electrons. The molecule has 0 bridgehead atoms. The van der Waals surface area contributed by atoms with Gasteiger partial charge in [-0.1, -0.05) is 6.92 Å². The standard InChI is InChI=1S/C12H16N4O4/c1-2-12(10(17)18)4-3-5-15(8-12)11-13-6-9(7-14-11)16(19)20/h6-7H,2-5,8H2,1H3,(H,17,18). The summed E-state index contributed by atoms with van der Waals surface area (Å²) in [5.74, 6) is -0.471. The number of carboxylic acid groups (broad SMARTS) is 1. The second-order valence-corrected chi connectivity index (χ2v) is 4.96. The highest BCUT2D eigenvalue weighted by molar-refractivity contribution is 5.75. The molecule has 2 rings (SSSR count). The third-order valence-electron chi connectivity index (χ3n) is 3.83. The molecule has 0 amide bonds. The Balaban J connectivity index is 2.20. The Bertz CT molecular complexity index is 519. The minimum absolute atomic E-state index is 0.175. The van der Waals surface area contributed by atoms with E-state index in [9.17, 15) is 20.0 Å². The summed E-state index contributed by atoms with van der Waals surface area (Å²) in [4.78, 5) is 31.2. The first-order chi connectivity index (χ1) is 9.48. The maximum Gasteiger partial charge on any atom is 0.311 e. The zero-order valence-corrected chi connectivity index (χ0v) is 11.2. The predicted molar refractivity (Wildman–Crippen MR) is 70.5 cm³/mol. The van der Waals surface area contributed by atoms with Gasteiger partial charge in [-0.25, -0.2) is 9.97 Å². The summed E-state index contributed by atoms with van der Waals surface area (Å²) in [5, 5.41) is 20.0. The lowest BCUT2D eigenvalue weighted by molar-refractivity contribution is -0.385. The Labute approximate surface area is 115 Å². The Hall–Kier alpha value is -2.25. The van der Waals surface area contributed by atoms with Crippen LogP contribution in [-0.2, 0) is 4.79 Å². The number of carboxylic acids is 1. The Morgan fingerprint density at radius 1 is 1.55 bits per heavy atom. The van der Waals surface area contributed by atoms with Crippen LogP contribution >= 0.6 is 0 Å². The summed E-state index contributed by atoms with van der Waals surface area (Å²) in [6, 6.07) is 0. The molecule has 108 valence electrons. The van der Waals surface area contributed by atoms with Gasteiger partial charge in [0.1, 0.15) is 12.4 Å². The molecule has 1 aromatic heterocycles. The second kappa shape index (κ2) is 5.40. The Morgan fingerprint density at radius 3 is 2.70 bits per heavy atom. The molecular formula is C12H16N4O4. The number of hydrogen-bond donors (Lipinski definition) is 1. The number of aromatic nitrogens is 2. The highest BCUT2D eigenvalue weighted by atomic mass is 16.6. The molecule has 0 spiro atoms. The number of nitro groups is 1. The third-order valence-corrected chi connectivity index (χ3v) is 3.83. The summed E-state index contributed by atoms with van der Waals surface area (Å²) >= 11 is 0. The Morgan fingerprint density at radius 2 is 2.20 bits per heavy atom. The van der Waals surface area contributed by atoms with Crippen LogP contribution in [0.1, 0.15) is 26.2 Å². The van der Waals surface area contributed by atoms with E-state index < -0.39 is 16.3 Å². The molecule has 1 aromatic rings. The summed E-state index contributed by atoms with van der Waals surface area (Å²) in [7, 11) is 0. The van der Waals surface area contributed by atoms with Crippen molar-refractivity contribution in [1.82, 2.24) is 9.97 Å². The zero-order chi connectivity index (χ0) is 14.8. The van der Waals surface area contributed by atoms with Gasteiger partial charge in [0.25, 0.3) is 0 Å². The molecule has 1 aliphatic heterocycles. The number of anilines is 1. The average Bonchev–Trinajstić information content (AvgIpc) is 2.47. The fourth-order valence-electron chi connectivity index (χ4n) is 2.49. The molecule has 1 N–H and O–H groups in total. The van der Waals surface area contributed by atoms with Crippen molar-refractivity contribution in [3.05, 3.63) is 22.5 Å². The quantitative estimate of drug-likeness (QED) is 0.656. The SMILES string of the molecule is CCC1(C(=O)O)CCCN(c2ncc([N+](=O)[O-])cn2)C1. The first-order valence-electron chi connectivity index (χ1n) is 6.43. The van der Waals surface area contributed by atoms with Gasteiger partial charge in [0.2, 0.25) is 5.95 Å². The number of piperidine rings is 1. The normalized spacial score (nSPS) is 22.6. The predicted octanol–water partition coefficient (Wildman–Crippen LogP) is 1.47. The van der Waals surface area contributed by atoms with Gasteiger partial charge in [-0.3, -0.25) is 14.9 Å². The topological polar surface area (TPSA) is 109 Å². The van der Waals surface area contributed by atoms with Crippen LogP contribution in [0.2, 0.25) is 0 Å². The minimum atomic E-state index is -0.813. The van der Waals surface area contributed by atoms with Crippen molar-refractivity contribution in [1.29, 1.82) is 0 Å². The van der Waals surface area contributed by atoms with Crippen molar-refractivity contribution >= 4 is 17.6 Å². The van der Waals surface area contributed by atoms with E-state index in [4.69, 9.17) is 0 Å². The maximum atomic E-state index is 11.5. The molecule has 1 aliphatic rings. The smallest absolute Gasteiger partial charge is 0.311 e. The van der Waals surface area contributed by atoms with Gasteiger partial charge in [-0.05, 0) is 19.3 Å². The molecular weight excluding hydrogens is 264 g/mol. The van der Waals surface area contributed by atoms with Gasteiger partial charge in [0, 0.05) is 13.1 Å². The van der Waals surface area contributed by atoms with Gasteiger partial charge in [0.15, 0.2) is 0 Å². The van der Waals surface area contributed by atoms with E-state index >= 15 is 0 Å². The maximum absolute atomic E-state index is 11.5. The van der Waals surface area contributed by atoms with Crippen LogP contribution in [0, 0.1) is 15.5 Å². The second-order valence-electron chi connectivity index (χ2n) is 4.96. The van der Waals surface area contributed by atoms with Crippen molar-refractivity contribution < 1.29 is 14.8 Å². The van der Waals surface area contributed by atoms with Crippen LogP contribution in [-0.4, -0.2) is 39.1 Å². The molecule has 1 unspecified atom stereocenters. The summed E-state index contributed by atoms with van der Waals surface area (Å²) in [6.45, 7) is 2.85. The summed E-state index contributed by atoms with van der Waals surface area (Å²) in [6.07, 6.45) is 4.19. The number of hydrogen-bond acceptors (Lipinski definition) is 6. The summed E-state index contributed by atoms with van der Waals surface area (Å²) < 4.78 is 0. The highest BCUT2D eigenvalue weighted by Gasteiger charge is 2.41. The fourth-order valence-corrected chi connectivity index (χ4v) is 2.49. The van der Waals surface area contributed by atoms with Crippen LogP contribution in [0.4, 0.5) is 11.6 Å². The fraction of sp³-hybridized carbons (Fsp3) is 0.583. The molecule has 1 fully saturated rings. The molecule has 2 heterocycles. The van der Waals surface area contributed by atoms with E-state index in [1.807, 2.05) is 6.92 Å². The van der Waals surface area contributed by atoms with E-state index in [2.05, 4.69) is 9.97 Å². The highest BCUT2D eigenvalue weighted by Crippen LogP contribution is 2.34. The van der Waals surface area contributed by atoms with Crippen molar-refractivity contribution in [3.63, 3.8) is 0 Å². The van der Waals surface area contributed by atoms with Gasteiger partial charge < -0.3 is 10.0 Å². The van der Waals surface area contributed by atoms with Crippen molar-refractivity contribution in [2.75, 3.05) is 18.0 Å². The largest absolute Gasteiger partial charge is 0.481 e. The van der Waals surface area contributed by atoms with Crippen LogP contribution in [0.25, 0.3) is 0 Å². The van der Waals surface area contributed by atoms with Crippen LogP contribution < -0.4 is 4.90 Å². The van der Waals surface area contributed by atoms with E-state index in [1.165, 1.54) is 0 Å². The van der Waals surface area contributed by atoms with Gasteiger partial charge >= 0.3 is 11.7 Å². The van der Waals surface area contributed by atoms with Crippen molar-refractivity contribution in [2.45, 2.75) is 26.2 Å². The van der Waals surface area contributed by atoms with Crippen LogP contribution in [0.3, 0.4) is 0 Å². The molecule has 0 aliphatic carbocycles. The van der Waals surface area contributed by atoms with Gasteiger partial charge in [-0.15, -0.1) is 0 Å². The monoisotopic (exact) mass is 280 g/mol. The average molecular weight is 280 g/mol. The van der Waals surface area contributed by atoms with Crippen molar-refractivity contribution in [3.8, 4) is 0 Å². The molecule has 0 aromatic carbocycles. The van der Waals surface area contributed by atoms with E-state index in [0.29, 0.717) is 31.9 Å². The van der Waals surface area contributed by atoms with Gasteiger partial charge in [0.05, 0.1) is 10.3 Å². The number of carbonyl (C=O) groups is 1. The molecule has 20 heavy (non-hydrogen) atoms. The molecule has 1 saturated heterocycles. The molecule has 8 heteroatoms. The van der Waals surface area contributed by atoms with Gasteiger partial charge in [-0.2, -0.15) is 0 Å². The van der Waals surface area contributed by atoms with Crippen LogP contribution in [0.15, 0.2) is 12.4 Å². The first kappa shape index (κ1) is 14.2. The molecule has 0 saturated carbocycles.